The Balaban J connectivity index is 0. The molecule has 1 amide bonds. The number of hydrogen-bond donors (Lipinski definition) is 2. The van der Waals surface area contributed by atoms with E-state index in [2.05, 4.69) is 13.8 Å². The van der Waals surface area contributed by atoms with Gasteiger partial charge >= 0.3 is 0 Å². The van der Waals surface area contributed by atoms with E-state index in [4.69, 9.17) is 5.73 Å². The standard InChI is InChI=1S/C9H17NO.H3N/c1-4-7(5-2)8(6-3)9(10)11;/h4-6H2,1-3H3,(H2,10,11);1H3. The van der Waals surface area contributed by atoms with Crippen molar-refractivity contribution in [3.05, 3.63) is 11.1 Å². The van der Waals surface area contributed by atoms with E-state index in [0.29, 0.717) is 0 Å². The zero-order valence-corrected chi connectivity index (χ0v) is 8.31. The molecule has 0 heterocycles. The van der Waals surface area contributed by atoms with Crippen molar-refractivity contribution in [2.75, 3.05) is 0 Å². The van der Waals surface area contributed by atoms with E-state index in [1.807, 2.05) is 6.92 Å². The predicted octanol–water partition coefficient (Wildman–Crippen LogP) is 2.16. The molecular weight excluding hydrogens is 152 g/mol. The van der Waals surface area contributed by atoms with Crippen molar-refractivity contribution in [1.82, 2.24) is 6.15 Å². The molecule has 0 radical (unpaired) electrons. The molecule has 72 valence electrons. The quantitative estimate of drug-likeness (QED) is 0.637. The summed E-state index contributed by atoms with van der Waals surface area (Å²) in [6.07, 6.45) is 2.62. The Bertz CT molecular complexity index is 167. The highest BCUT2D eigenvalue weighted by atomic mass is 16.1. The zero-order chi connectivity index (χ0) is 8.85. The first-order chi connectivity index (χ1) is 5.17. The van der Waals surface area contributed by atoms with Gasteiger partial charge in [0.05, 0.1) is 0 Å². The van der Waals surface area contributed by atoms with Gasteiger partial charge in [-0.1, -0.05) is 26.3 Å². The molecule has 5 N–H and O–H groups in total. The first-order valence-corrected chi connectivity index (χ1v) is 4.17. The fourth-order valence-corrected chi connectivity index (χ4v) is 1.28. The van der Waals surface area contributed by atoms with Crippen molar-refractivity contribution >= 4 is 5.91 Å². The average Bonchev–Trinajstić information content (AvgIpc) is 1.99. The molecule has 0 spiro atoms. The third-order valence-corrected chi connectivity index (χ3v) is 1.93. The average molecular weight is 172 g/mol. The Morgan fingerprint density at radius 3 is 1.58 bits per heavy atom. The molecule has 0 aromatic carbocycles. The monoisotopic (exact) mass is 172 g/mol. The molecule has 0 aromatic heterocycles. The van der Waals surface area contributed by atoms with Crippen molar-refractivity contribution in [1.29, 1.82) is 0 Å². The minimum absolute atomic E-state index is 0. The lowest BCUT2D eigenvalue weighted by Crippen LogP contribution is -2.15. The second kappa shape index (κ2) is 6.85. The van der Waals surface area contributed by atoms with Gasteiger partial charge in [-0.3, -0.25) is 4.79 Å². The van der Waals surface area contributed by atoms with Crippen molar-refractivity contribution in [3.8, 4) is 0 Å². The highest BCUT2D eigenvalue weighted by Gasteiger charge is 2.06. The van der Waals surface area contributed by atoms with Crippen LogP contribution in [0.25, 0.3) is 0 Å². The molecule has 0 unspecified atom stereocenters. The van der Waals surface area contributed by atoms with Crippen LogP contribution in [0.5, 0.6) is 0 Å². The molecule has 3 nitrogen and oxygen atoms in total. The summed E-state index contributed by atoms with van der Waals surface area (Å²) in [5, 5.41) is 0. The molecule has 0 aliphatic carbocycles. The van der Waals surface area contributed by atoms with E-state index in [0.717, 1.165) is 24.8 Å². The summed E-state index contributed by atoms with van der Waals surface area (Å²) >= 11 is 0. The van der Waals surface area contributed by atoms with Gasteiger partial charge in [0.1, 0.15) is 0 Å². The minimum Gasteiger partial charge on any atom is -0.366 e. The Morgan fingerprint density at radius 1 is 1.08 bits per heavy atom. The van der Waals surface area contributed by atoms with Gasteiger partial charge in [0.25, 0.3) is 0 Å². The fraction of sp³-hybridized carbons (Fsp3) is 0.667. The van der Waals surface area contributed by atoms with Crippen LogP contribution in [0.1, 0.15) is 40.0 Å². The van der Waals surface area contributed by atoms with E-state index in [1.165, 1.54) is 5.57 Å². The van der Waals surface area contributed by atoms with E-state index >= 15 is 0 Å². The largest absolute Gasteiger partial charge is 0.366 e. The lowest BCUT2D eigenvalue weighted by molar-refractivity contribution is -0.114. The summed E-state index contributed by atoms with van der Waals surface area (Å²) in [6, 6.07) is 0. The lowest BCUT2D eigenvalue weighted by Gasteiger charge is -2.06. The summed E-state index contributed by atoms with van der Waals surface area (Å²) in [6.45, 7) is 6.07. The van der Waals surface area contributed by atoms with Crippen LogP contribution in [0.4, 0.5) is 0 Å². The van der Waals surface area contributed by atoms with Gasteiger partial charge in [0.2, 0.25) is 5.91 Å². The fourth-order valence-electron chi connectivity index (χ4n) is 1.28. The van der Waals surface area contributed by atoms with Gasteiger partial charge in [-0.15, -0.1) is 0 Å². The molecule has 0 bridgehead atoms. The first-order valence-electron chi connectivity index (χ1n) is 4.17. The number of carbonyl (C=O) groups excluding carboxylic acids is 1. The van der Waals surface area contributed by atoms with Gasteiger partial charge in [-0.25, -0.2) is 0 Å². The number of allylic oxidation sites excluding steroid dienone is 1. The van der Waals surface area contributed by atoms with Crippen LogP contribution in [0.2, 0.25) is 0 Å². The number of hydrogen-bond acceptors (Lipinski definition) is 2. The molecule has 0 aliphatic heterocycles. The maximum absolute atomic E-state index is 10.9. The normalized spacial score (nSPS) is 8.58. The van der Waals surface area contributed by atoms with Crippen LogP contribution < -0.4 is 11.9 Å². The third kappa shape index (κ3) is 3.53. The van der Waals surface area contributed by atoms with Crippen LogP contribution in [-0.2, 0) is 4.79 Å². The van der Waals surface area contributed by atoms with Gasteiger partial charge < -0.3 is 11.9 Å². The molecule has 0 aliphatic rings. The van der Waals surface area contributed by atoms with Gasteiger partial charge in [0.15, 0.2) is 0 Å². The van der Waals surface area contributed by atoms with Gasteiger partial charge in [0, 0.05) is 5.57 Å². The molecule has 0 atom stereocenters. The van der Waals surface area contributed by atoms with Crippen molar-refractivity contribution < 1.29 is 4.79 Å². The summed E-state index contributed by atoms with van der Waals surface area (Å²) in [5.41, 5.74) is 7.21. The molecule has 0 aromatic rings. The van der Waals surface area contributed by atoms with Crippen LogP contribution in [0.3, 0.4) is 0 Å². The Hall–Kier alpha value is -0.830. The highest BCUT2D eigenvalue weighted by molar-refractivity contribution is 5.92. The van der Waals surface area contributed by atoms with Crippen LogP contribution in [0.15, 0.2) is 11.1 Å². The smallest absolute Gasteiger partial charge is 0.244 e. The number of carbonyl (C=O) groups is 1. The maximum Gasteiger partial charge on any atom is 0.244 e. The van der Waals surface area contributed by atoms with Gasteiger partial charge in [-0.05, 0) is 19.3 Å². The number of nitrogens with two attached hydrogens (primary N) is 1. The first kappa shape index (κ1) is 13.7. The Kier molecular flexibility index (Phi) is 7.85. The van der Waals surface area contributed by atoms with Crippen LogP contribution in [-0.4, -0.2) is 5.91 Å². The van der Waals surface area contributed by atoms with Gasteiger partial charge in [-0.2, -0.15) is 0 Å². The number of primary amides is 1. The lowest BCUT2D eigenvalue weighted by atomic mass is 10.0. The molecule has 12 heavy (non-hydrogen) atoms. The summed E-state index contributed by atoms with van der Waals surface area (Å²) in [7, 11) is 0. The Morgan fingerprint density at radius 2 is 1.50 bits per heavy atom. The van der Waals surface area contributed by atoms with E-state index in [1.54, 1.807) is 0 Å². The molecule has 0 saturated heterocycles. The maximum atomic E-state index is 10.9. The molecule has 0 fully saturated rings. The van der Waals surface area contributed by atoms with E-state index in [-0.39, 0.29) is 12.1 Å². The SMILES string of the molecule is CCC(CC)=C(CC)C(N)=O.N. The van der Waals surface area contributed by atoms with E-state index in [9.17, 15) is 4.79 Å². The van der Waals surface area contributed by atoms with Crippen molar-refractivity contribution in [3.63, 3.8) is 0 Å². The summed E-state index contributed by atoms with van der Waals surface area (Å²) in [5.74, 6) is -0.258. The highest BCUT2D eigenvalue weighted by Crippen LogP contribution is 2.14. The van der Waals surface area contributed by atoms with Crippen molar-refractivity contribution in [2.24, 2.45) is 5.73 Å². The summed E-state index contributed by atoms with van der Waals surface area (Å²) in [4.78, 5) is 10.9. The van der Waals surface area contributed by atoms with E-state index < -0.39 is 0 Å². The van der Waals surface area contributed by atoms with Crippen LogP contribution in [0, 0.1) is 0 Å². The predicted molar refractivity (Wildman–Crippen MR) is 52.1 cm³/mol. The second-order valence-corrected chi connectivity index (χ2v) is 2.51. The molecular formula is C9H20N2O. The molecule has 3 heteroatoms. The topological polar surface area (TPSA) is 78.1 Å². The zero-order valence-electron chi connectivity index (χ0n) is 8.31. The van der Waals surface area contributed by atoms with Crippen molar-refractivity contribution in [2.45, 2.75) is 40.0 Å². The molecule has 0 saturated carbocycles. The third-order valence-electron chi connectivity index (χ3n) is 1.93. The molecule has 0 rings (SSSR count). The van der Waals surface area contributed by atoms with Crippen LogP contribution >= 0.6 is 0 Å². The Labute approximate surface area is 74.6 Å². The minimum atomic E-state index is -0.258. The number of amides is 1. The second-order valence-electron chi connectivity index (χ2n) is 2.51. The summed E-state index contributed by atoms with van der Waals surface area (Å²) < 4.78 is 0. The number of rotatable bonds is 4.